The van der Waals surface area contributed by atoms with Gasteiger partial charge in [-0.3, -0.25) is 0 Å². The van der Waals surface area contributed by atoms with Gasteiger partial charge in [0.1, 0.15) is 5.60 Å². The van der Waals surface area contributed by atoms with Crippen molar-refractivity contribution >= 4 is 11.3 Å². The molecule has 2 heterocycles. The number of thiophene rings is 1. The second kappa shape index (κ2) is 2.05. The van der Waals surface area contributed by atoms with Crippen LogP contribution in [0.1, 0.15) is 4.88 Å². The molecule has 2 rings (SSSR count). The Kier molecular flexibility index (Phi) is 1.30. The van der Waals surface area contributed by atoms with Crippen molar-refractivity contribution in [1.29, 1.82) is 0 Å². The molecule has 0 amide bonds. The van der Waals surface area contributed by atoms with Gasteiger partial charge in [-0.1, -0.05) is 6.07 Å². The summed E-state index contributed by atoms with van der Waals surface area (Å²) < 4.78 is 4.92. The van der Waals surface area contributed by atoms with E-state index in [0.29, 0.717) is 13.2 Å². The lowest BCUT2D eigenvalue weighted by Gasteiger charge is -2.35. The summed E-state index contributed by atoms with van der Waals surface area (Å²) in [6.07, 6.45) is 0. The highest BCUT2D eigenvalue weighted by Crippen LogP contribution is 2.31. The van der Waals surface area contributed by atoms with E-state index in [1.807, 2.05) is 17.5 Å². The highest BCUT2D eigenvalue weighted by atomic mass is 32.1. The van der Waals surface area contributed by atoms with Crippen molar-refractivity contribution in [2.75, 3.05) is 13.2 Å². The molecular weight excluding hydrogens is 148 g/mol. The van der Waals surface area contributed by atoms with Crippen LogP contribution in [0.4, 0.5) is 0 Å². The zero-order valence-corrected chi connectivity index (χ0v) is 6.23. The Morgan fingerprint density at radius 1 is 1.60 bits per heavy atom. The van der Waals surface area contributed by atoms with Crippen LogP contribution >= 0.6 is 11.3 Å². The number of aliphatic hydroxyl groups is 1. The van der Waals surface area contributed by atoms with Gasteiger partial charge in [-0.15, -0.1) is 11.3 Å². The lowest BCUT2D eigenvalue weighted by atomic mass is 10.0. The van der Waals surface area contributed by atoms with E-state index in [1.54, 1.807) is 11.3 Å². The minimum atomic E-state index is -0.659. The Bertz CT molecular complexity index is 214. The fourth-order valence-corrected chi connectivity index (χ4v) is 1.78. The van der Waals surface area contributed by atoms with Crippen LogP contribution < -0.4 is 0 Å². The van der Waals surface area contributed by atoms with Crippen LogP contribution in [0.3, 0.4) is 0 Å². The van der Waals surface area contributed by atoms with Crippen molar-refractivity contribution < 1.29 is 9.84 Å². The van der Waals surface area contributed by atoms with Crippen LogP contribution in [0.25, 0.3) is 0 Å². The fraction of sp³-hybridized carbons (Fsp3) is 0.429. The standard InChI is InChI=1S/C7H8O2S/c8-7(4-9-5-7)6-2-1-3-10-6/h1-3,8H,4-5H2. The number of ether oxygens (including phenoxy) is 1. The molecule has 1 saturated heterocycles. The third-order valence-electron chi connectivity index (χ3n) is 1.66. The third kappa shape index (κ3) is 0.785. The van der Waals surface area contributed by atoms with Crippen molar-refractivity contribution in [1.82, 2.24) is 0 Å². The molecule has 1 aliphatic rings. The molecule has 0 atom stereocenters. The Labute approximate surface area is 63.1 Å². The van der Waals surface area contributed by atoms with E-state index in [1.165, 1.54) is 0 Å². The van der Waals surface area contributed by atoms with Crippen LogP contribution in [0.15, 0.2) is 17.5 Å². The molecule has 1 aliphatic heterocycles. The summed E-state index contributed by atoms with van der Waals surface area (Å²) >= 11 is 1.58. The van der Waals surface area contributed by atoms with Gasteiger partial charge in [0.2, 0.25) is 0 Å². The Hall–Kier alpha value is -0.380. The molecule has 0 aromatic carbocycles. The first-order chi connectivity index (χ1) is 4.81. The molecule has 0 bridgehead atoms. The van der Waals surface area contributed by atoms with E-state index >= 15 is 0 Å². The topological polar surface area (TPSA) is 29.5 Å². The molecule has 10 heavy (non-hydrogen) atoms. The summed E-state index contributed by atoms with van der Waals surface area (Å²) in [6, 6.07) is 3.88. The fourth-order valence-electron chi connectivity index (χ4n) is 0.981. The first kappa shape index (κ1) is 6.34. The Morgan fingerprint density at radius 2 is 2.40 bits per heavy atom. The zero-order chi connectivity index (χ0) is 7.03. The van der Waals surface area contributed by atoms with Gasteiger partial charge >= 0.3 is 0 Å². The minimum absolute atomic E-state index is 0.452. The van der Waals surface area contributed by atoms with Crippen molar-refractivity contribution in [3.8, 4) is 0 Å². The first-order valence-corrected chi connectivity index (χ1v) is 4.03. The summed E-state index contributed by atoms with van der Waals surface area (Å²) in [6.45, 7) is 0.904. The van der Waals surface area contributed by atoms with Gasteiger partial charge < -0.3 is 9.84 Å². The molecule has 1 N–H and O–H groups in total. The summed E-state index contributed by atoms with van der Waals surface area (Å²) in [5.74, 6) is 0. The Morgan fingerprint density at radius 3 is 2.80 bits per heavy atom. The highest BCUT2D eigenvalue weighted by Gasteiger charge is 2.38. The molecule has 0 aliphatic carbocycles. The predicted octanol–water partition coefficient (Wildman–Crippen LogP) is 0.966. The van der Waals surface area contributed by atoms with Gasteiger partial charge in [0.25, 0.3) is 0 Å². The maximum absolute atomic E-state index is 9.66. The van der Waals surface area contributed by atoms with Gasteiger partial charge in [0.15, 0.2) is 0 Å². The predicted molar refractivity (Wildman–Crippen MR) is 39.0 cm³/mol. The average molecular weight is 156 g/mol. The van der Waals surface area contributed by atoms with Gasteiger partial charge in [-0.2, -0.15) is 0 Å². The molecule has 3 heteroatoms. The van der Waals surface area contributed by atoms with Crippen molar-refractivity contribution in [2.45, 2.75) is 5.60 Å². The smallest absolute Gasteiger partial charge is 0.145 e. The monoisotopic (exact) mass is 156 g/mol. The molecule has 2 nitrogen and oxygen atoms in total. The zero-order valence-electron chi connectivity index (χ0n) is 5.41. The SMILES string of the molecule is OC1(c2cccs2)COC1. The van der Waals surface area contributed by atoms with E-state index < -0.39 is 5.60 Å². The first-order valence-electron chi connectivity index (χ1n) is 3.15. The van der Waals surface area contributed by atoms with Crippen LogP contribution in [-0.2, 0) is 10.3 Å². The quantitative estimate of drug-likeness (QED) is 0.656. The van der Waals surface area contributed by atoms with E-state index in [0.717, 1.165) is 4.88 Å². The molecular formula is C7H8O2S. The third-order valence-corrected chi connectivity index (χ3v) is 2.72. The highest BCUT2D eigenvalue weighted by molar-refractivity contribution is 7.10. The van der Waals surface area contributed by atoms with Crippen LogP contribution in [-0.4, -0.2) is 18.3 Å². The summed E-state index contributed by atoms with van der Waals surface area (Å²) in [5, 5.41) is 11.6. The number of rotatable bonds is 1. The lowest BCUT2D eigenvalue weighted by molar-refractivity contribution is -0.182. The molecule has 1 aromatic rings. The number of hydrogen-bond acceptors (Lipinski definition) is 3. The largest absolute Gasteiger partial charge is 0.379 e. The van der Waals surface area contributed by atoms with Gasteiger partial charge in [-0.25, -0.2) is 0 Å². The summed E-state index contributed by atoms with van der Waals surface area (Å²) in [7, 11) is 0. The van der Waals surface area contributed by atoms with E-state index in [9.17, 15) is 5.11 Å². The molecule has 0 unspecified atom stereocenters. The molecule has 1 fully saturated rings. The lowest BCUT2D eigenvalue weighted by Crippen LogP contribution is -2.45. The normalized spacial score (nSPS) is 22.1. The van der Waals surface area contributed by atoms with Gasteiger partial charge in [0.05, 0.1) is 13.2 Å². The van der Waals surface area contributed by atoms with Gasteiger partial charge in [-0.05, 0) is 11.4 Å². The van der Waals surface area contributed by atoms with Crippen molar-refractivity contribution in [3.05, 3.63) is 22.4 Å². The Balaban J connectivity index is 2.27. The summed E-state index contributed by atoms with van der Waals surface area (Å²) in [4.78, 5) is 1.01. The van der Waals surface area contributed by atoms with E-state index in [4.69, 9.17) is 4.74 Å². The van der Waals surface area contributed by atoms with Crippen LogP contribution in [0.5, 0.6) is 0 Å². The molecule has 0 spiro atoms. The summed E-state index contributed by atoms with van der Waals surface area (Å²) in [5.41, 5.74) is -0.659. The molecule has 54 valence electrons. The second-order valence-corrected chi connectivity index (χ2v) is 3.45. The molecule has 1 aromatic heterocycles. The molecule has 0 saturated carbocycles. The van der Waals surface area contributed by atoms with Crippen molar-refractivity contribution in [2.24, 2.45) is 0 Å². The van der Waals surface area contributed by atoms with Crippen LogP contribution in [0, 0.1) is 0 Å². The number of hydrogen-bond donors (Lipinski definition) is 1. The van der Waals surface area contributed by atoms with Crippen LogP contribution in [0.2, 0.25) is 0 Å². The minimum Gasteiger partial charge on any atom is -0.379 e. The maximum atomic E-state index is 9.66. The maximum Gasteiger partial charge on any atom is 0.145 e. The van der Waals surface area contributed by atoms with Crippen molar-refractivity contribution in [3.63, 3.8) is 0 Å². The second-order valence-electron chi connectivity index (χ2n) is 2.50. The van der Waals surface area contributed by atoms with E-state index in [2.05, 4.69) is 0 Å². The van der Waals surface area contributed by atoms with Gasteiger partial charge in [0, 0.05) is 4.88 Å². The average Bonchev–Trinajstić information content (AvgIpc) is 2.33. The van der Waals surface area contributed by atoms with E-state index in [-0.39, 0.29) is 0 Å². The molecule has 0 radical (unpaired) electrons.